The predicted molar refractivity (Wildman–Crippen MR) is 78.0 cm³/mol. The number of anilines is 1. The van der Waals surface area contributed by atoms with Crippen molar-refractivity contribution in [1.82, 2.24) is 0 Å². The number of benzene rings is 1. The van der Waals surface area contributed by atoms with Crippen LogP contribution < -0.4 is 5.32 Å². The van der Waals surface area contributed by atoms with Gasteiger partial charge in [0, 0.05) is 11.7 Å². The van der Waals surface area contributed by atoms with E-state index in [-0.39, 0.29) is 16.3 Å². The molecule has 3 rings (SSSR count). The van der Waals surface area contributed by atoms with E-state index in [9.17, 15) is 4.39 Å². The van der Waals surface area contributed by atoms with E-state index in [1.807, 2.05) is 0 Å². The van der Waals surface area contributed by atoms with Gasteiger partial charge in [0.05, 0.1) is 5.02 Å². The Kier molecular flexibility index (Phi) is 2.87. The van der Waals surface area contributed by atoms with Crippen molar-refractivity contribution in [2.24, 2.45) is 16.7 Å². The van der Waals surface area contributed by atoms with E-state index < -0.39 is 0 Å². The van der Waals surface area contributed by atoms with Crippen LogP contribution in [-0.4, -0.2) is 6.04 Å². The van der Waals surface area contributed by atoms with Crippen LogP contribution in [0.1, 0.15) is 40.0 Å². The van der Waals surface area contributed by atoms with Gasteiger partial charge in [-0.1, -0.05) is 32.4 Å². The molecule has 3 unspecified atom stereocenters. The van der Waals surface area contributed by atoms with Gasteiger partial charge >= 0.3 is 0 Å². The monoisotopic (exact) mass is 281 g/mol. The summed E-state index contributed by atoms with van der Waals surface area (Å²) in [5, 5.41) is 3.81. The molecular formula is C16H21ClFN. The first kappa shape index (κ1) is 13.2. The minimum absolute atomic E-state index is 0.191. The lowest BCUT2D eigenvalue weighted by Gasteiger charge is -2.43. The van der Waals surface area contributed by atoms with Gasteiger partial charge in [0.2, 0.25) is 0 Å². The lowest BCUT2D eigenvalue weighted by atomic mass is 9.68. The number of halogens is 2. The third-order valence-electron chi connectivity index (χ3n) is 5.50. The fourth-order valence-electron chi connectivity index (χ4n) is 4.41. The average Bonchev–Trinajstić information content (AvgIpc) is 2.80. The predicted octanol–water partition coefficient (Wildman–Crippen LogP) is 5.11. The van der Waals surface area contributed by atoms with Crippen LogP contribution in [0.5, 0.6) is 0 Å². The highest BCUT2D eigenvalue weighted by molar-refractivity contribution is 6.31. The molecule has 2 saturated carbocycles. The Morgan fingerprint density at radius 3 is 2.63 bits per heavy atom. The molecule has 0 radical (unpaired) electrons. The van der Waals surface area contributed by atoms with Crippen molar-refractivity contribution in [3.8, 4) is 0 Å². The molecule has 0 saturated heterocycles. The number of rotatable bonds is 2. The minimum atomic E-state index is -0.356. The Labute approximate surface area is 119 Å². The number of nitrogens with one attached hydrogen (secondary N) is 1. The van der Waals surface area contributed by atoms with Gasteiger partial charge in [0.15, 0.2) is 0 Å². The van der Waals surface area contributed by atoms with Crippen LogP contribution in [0.3, 0.4) is 0 Å². The SMILES string of the molecule is CC12CCC(C1)C(C)(C)C2Nc1ccc(F)c(Cl)c1. The second-order valence-electron chi connectivity index (χ2n) is 7.12. The molecule has 0 amide bonds. The quantitative estimate of drug-likeness (QED) is 0.795. The van der Waals surface area contributed by atoms with Gasteiger partial charge in [-0.25, -0.2) is 4.39 Å². The molecule has 3 atom stereocenters. The number of hydrogen-bond acceptors (Lipinski definition) is 1. The molecule has 1 nitrogen and oxygen atoms in total. The average molecular weight is 282 g/mol. The summed E-state index contributed by atoms with van der Waals surface area (Å²) >= 11 is 5.87. The summed E-state index contributed by atoms with van der Waals surface area (Å²) < 4.78 is 13.2. The van der Waals surface area contributed by atoms with Crippen LogP contribution in [0, 0.1) is 22.6 Å². The maximum Gasteiger partial charge on any atom is 0.141 e. The Bertz CT molecular complexity index is 509. The fraction of sp³-hybridized carbons (Fsp3) is 0.625. The summed E-state index contributed by atoms with van der Waals surface area (Å²) in [6.45, 7) is 7.08. The molecule has 0 aromatic heterocycles. The normalized spacial score (nSPS) is 35.6. The van der Waals surface area contributed by atoms with Gasteiger partial charge in [-0.3, -0.25) is 0 Å². The van der Waals surface area contributed by atoms with Gasteiger partial charge in [-0.15, -0.1) is 0 Å². The molecule has 1 N–H and O–H groups in total. The summed E-state index contributed by atoms with van der Waals surface area (Å²) in [7, 11) is 0. The number of hydrogen-bond donors (Lipinski definition) is 1. The molecule has 1 aromatic carbocycles. The third-order valence-corrected chi connectivity index (χ3v) is 5.79. The van der Waals surface area contributed by atoms with Crippen LogP contribution in [-0.2, 0) is 0 Å². The molecule has 0 aliphatic heterocycles. The first-order valence-corrected chi connectivity index (χ1v) is 7.42. The van der Waals surface area contributed by atoms with Gasteiger partial charge in [0.1, 0.15) is 5.82 Å². The zero-order valence-electron chi connectivity index (χ0n) is 11.8. The first-order chi connectivity index (χ1) is 8.83. The molecule has 1 aromatic rings. The van der Waals surface area contributed by atoms with Crippen molar-refractivity contribution >= 4 is 17.3 Å². The summed E-state index contributed by atoms with van der Waals surface area (Å²) in [5.41, 5.74) is 1.57. The summed E-state index contributed by atoms with van der Waals surface area (Å²) in [6.07, 6.45) is 3.92. The van der Waals surface area contributed by atoms with E-state index in [4.69, 9.17) is 11.6 Å². The second kappa shape index (κ2) is 4.12. The molecule has 2 fully saturated rings. The zero-order valence-corrected chi connectivity index (χ0v) is 12.5. The third kappa shape index (κ3) is 1.96. The Morgan fingerprint density at radius 2 is 2.05 bits per heavy atom. The maximum atomic E-state index is 13.2. The van der Waals surface area contributed by atoms with Crippen LogP contribution in [0.4, 0.5) is 10.1 Å². The smallest absolute Gasteiger partial charge is 0.141 e. The molecule has 2 aliphatic carbocycles. The highest BCUT2D eigenvalue weighted by Crippen LogP contribution is 2.63. The van der Waals surface area contributed by atoms with Crippen LogP contribution in [0.15, 0.2) is 18.2 Å². The van der Waals surface area contributed by atoms with E-state index in [1.165, 1.54) is 25.3 Å². The van der Waals surface area contributed by atoms with E-state index in [1.54, 1.807) is 12.1 Å². The zero-order chi connectivity index (χ0) is 13.8. The molecule has 104 valence electrons. The van der Waals surface area contributed by atoms with Crippen molar-refractivity contribution in [3.05, 3.63) is 29.0 Å². The Hall–Kier alpha value is -0.760. The van der Waals surface area contributed by atoms with Crippen LogP contribution >= 0.6 is 11.6 Å². The van der Waals surface area contributed by atoms with Crippen molar-refractivity contribution in [1.29, 1.82) is 0 Å². The lowest BCUT2D eigenvalue weighted by molar-refractivity contribution is 0.155. The van der Waals surface area contributed by atoms with Gasteiger partial charge in [0.25, 0.3) is 0 Å². The van der Waals surface area contributed by atoms with E-state index in [2.05, 4.69) is 26.1 Å². The van der Waals surface area contributed by atoms with Crippen LogP contribution in [0.2, 0.25) is 5.02 Å². The largest absolute Gasteiger partial charge is 0.381 e. The minimum Gasteiger partial charge on any atom is -0.381 e. The topological polar surface area (TPSA) is 12.0 Å². The summed E-state index contributed by atoms with van der Waals surface area (Å²) in [6, 6.07) is 5.35. The van der Waals surface area contributed by atoms with E-state index >= 15 is 0 Å². The van der Waals surface area contributed by atoms with Crippen molar-refractivity contribution < 1.29 is 4.39 Å². The summed E-state index contributed by atoms with van der Waals surface area (Å²) in [5.74, 6) is 0.441. The lowest BCUT2D eigenvalue weighted by Crippen LogP contribution is -2.45. The van der Waals surface area contributed by atoms with Crippen molar-refractivity contribution in [2.45, 2.75) is 46.1 Å². The molecule has 0 spiro atoms. The molecule has 3 heteroatoms. The molecule has 2 bridgehead atoms. The molecule has 19 heavy (non-hydrogen) atoms. The standard InChI is InChI=1S/C16H21ClFN/c1-15(2)10-6-7-16(3,9-10)14(15)19-11-4-5-13(18)12(17)8-11/h4-5,8,10,14,19H,6-7,9H2,1-3H3. The van der Waals surface area contributed by atoms with E-state index in [0.717, 1.165) is 11.6 Å². The van der Waals surface area contributed by atoms with Crippen molar-refractivity contribution in [3.63, 3.8) is 0 Å². The van der Waals surface area contributed by atoms with E-state index in [0.29, 0.717) is 11.5 Å². The highest BCUT2D eigenvalue weighted by atomic mass is 35.5. The number of fused-ring (bicyclic) bond motifs is 2. The second-order valence-corrected chi connectivity index (χ2v) is 7.53. The van der Waals surface area contributed by atoms with Crippen molar-refractivity contribution in [2.75, 3.05) is 5.32 Å². The Balaban J connectivity index is 1.88. The van der Waals surface area contributed by atoms with Gasteiger partial charge in [-0.2, -0.15) is 0 Å². The fourth-order valence-corrected chi connectivity index (χ4v) is 4.60. The van der Waals surface area contributed by atoms with Gasteiger partial charge in [-0.05, 0) is 54.2 Å². The molecular weight excluding hydrogens is 261 g/mol. The van der Waals surface area contributed by atoms with Gasteiger partial charge < -0.3 is 5.32 Å². The molecule has 0 heterocycles. The highest BCUT2D eigenvalue weighted by Gasteiger charge is 2.59. The van der Waals surface area contributed by atoms with Crippen LogP contribution in [0.25, 0.3) is 0 Å². The first-order valence-electron chi connectivity index (χ1n) is 7.04. The maximum absolute atomic E-state index is 13.2. The summed E-state index contributed by atoms with van der Waals surface area (Å²) in [4.78, 5) is 0. The molecule has 2 aliphatic rings. The Morgan fingerprint density at radius 1 is 1.32 bits per heavy atom.